The van der Waals surface area contributed by atoms with Crippen molar-refractivity contribution < 1.29 is 9.53 Å². The third-order valence-corrected chi connectivity index (χ3v) is 3.21. The van der Waals surface area contributed by atoms with Gasteiger partial charge in [0.05, 0.1) is 0 Å². The summed E-state index contributed by atoms with van der Waals surface area (Å²) < 4.78 is 5.31. The topological polar surface area (TPSA) is 50.4 Å². The molecule has 2 rings (SSSR count). The van der Waals surface area contributed by atoms with Gasteiger partial charge >= 0.3 is 6.03 Å². The molecule has 2 N–H and O–H groups in total. The quantitative estimate of drug-likeness (QED) is 0.860. The minimum absolute atomic E-state index is 0.131. The van der Waals surface area contributed by atoms with E-state index in [1.54, 1.807) is 0 Å². The second kappa shape index (κ2) is 7.01. The van der Waals surface area contributed by atoms with Crippen molar-refractivity contribution in [1.82, 2.24) is 5.32 Å². The molecule has 0 aromatic heterocycles. The summed E-state index contributed by atoms with van der Waals surface area (Å²) in [5.41, 5.74) is 0.820. The van der Waals surface area contributed by atoms with E-state index in [4.69, 9.17) is 4.74 Å². The van der Waals surface area contributed by atoms with Crippen molar-refractivity contribution in [2.24, 2.45) is 5.92 Å². The molecule has 0 bridgehead atoms. The predicted molar refractivity (Wildman–Crippen MR) is 71.6 cm³/mol. The summed E-state index contributed by atoms with van der Waals surface area (Å²) in [4.78, 5) is 11.6. The number of rotatable bonds is 4. The summed E-state index contributed by atoms with van der Waals surface area (Å²) in [6, 6.07) is 9.34. The summed E-state index contributed by atoms with van der Waals surface area (Å²) in [6.07, 6.45) is 3.26. The average Bonchev–Trinajstić information content (AvgIpc) is 2.41. The largest absolute Gasteiger partial charge is 0.381 e. The minimum Gasteiger partial charge on any atom is -0.381 e. The number of urea groups is 1. The van der Waals surface area contributed by atoms with Gasteiger partial charge in [-0.05, 0) is 37.3 Å². The van der Waals surface area contributed by atoms with E-state index in [1.165, 1.54) is 0 Å². The lowest BCUT2D eigenvalue weighted by Gasteiger charge is -2.21. The van der Waals surface area contributed by atoms with Gasteiger partial charge in [-0.2, -0.15) is 0 Å². The molecule has 98 valence electrons. The number of para-hydroxylation sites is 1. The number of carbonyl (C=O) groups is 1. The maximum atomic E-state index is 11.6. The van der Waals surface area contributed by atoms with E-state index in [0.29, 0.717) is 5.92 Å². The van der Waals surface area contributed by atoms with Crippen LogP contribution in [0.25, 0.3) is 0 Å². The molecule has 2 amide bonds. The molecule has 4 heteroatoms. The summed E-state index contributed by atoms with van der Waals surface area (Å²) in [5, 5.41) is 5.69. The Bertz CT molecular complexity index is 361. The molecule has 18 heavy (non-hydrogen) atoms. The zero-order valence-corrected chi connectivity index (χ0v) is 10.5. The van der Waals surface area contributed by atoms with Gasteiger partial charge in [-0.15, -0.1) is 0 Å². The van der Waals surface area contributed by atoms with Gasteiger partial charge in [0.15, 0.2) is 0 Å². The Labute approximate surface area is 108 Å². The summed E-state index contributed by atoms with van der Waals surface area (Å²) >= 11 is 0. The molecular weight excluding hydrogens is 228 g/mol. The highest BCUT2D eigenvalue weighted by atomic mass is 16.5. The lowest BCUT2D eigenvalue weighted by atomic mass is 9.97. The Kier molecular flexibility index (Phi) is 5.02. The summed E-state index contributed by atoms with van der Waals surface area (Å²) in [5.74, 6) is 0.691. The standard InChI is InChI=1S/C14H20N2O2/c17-14(16-13-4-2-1-3-5-13)15-9-6-12-7-10-18-11-8-12/h1-5,12H,6-11H2,(H2,15,16,17). The average molecular weight is 248 g/mol. The third kappa shape index (κ3) is 4.37. The van der Waals surface area contributed by atoms with Gasteiger partial charge in [-0.25, -0.2) is 4.79 Å². The van der Waals surface area contributed by atoms with Crippen molar-refractivity contribution >= 4 is 11.7 Å². The molecule has 1 aliphatic heterocycles. The Morgan fingerprint density at radius 3 is 2.67 bits per heavy atom. The molecule has 1 saturated heterocycles. The molecule has 4 nitrogen and oxygen atoms in total. The van der Waals surface area contributed by atoms with Crippen LogP contribution >= 0.6 is 0 Å². The van der Waals surface area contributed by atoms with Crippen LogP contribution in [-0.2, 0) is 4.74 Å². The van der Waals surface area contributed by atoms with Crippen LogP contribution in [0.15, 0.2) is 30.3 Å². The van der Waals surface area contributed by atoms with E-state index < -0.39 is 0 Å². The highest BCUT2D eigenvalue weighted by Crippen LogP contribution is 2.17. The van der Waals surface area contributed by atoms with Gasteiger partial charge in [-0.1, -0.05) is 18.2 Å². The normalized spacial score (nSPS) is 16.2. The fourth-order valence-electron chi connectivity index (χ4n) is 2.12. The number of amides is 2. The second-order valence-corrected chi connectivity index (χ2v) is 4.59. The maximum Gasteiger partial charge on any atom is 0.319 e. The number of hydrogen-bond acceptors (Lipinski definition) is 2. The second-order valence-electron chi connectivity index (χ2n) is 4.59. The van der Waals surface area contributed by atoms with Crippen LogP contribution < -0.4 is 10.6 Å². The number of anilines is 1. The van der Waals surface area contributed by atoms with Gasteiger partial charge in [-0.3, -0.25) is 0 Å². The number of nitrogens with one attached hydrogen (secondary N) is 2. The molecule has 1 fully saturated rings. The predicted octanol–water partition coefficient (Wildman–Crippen LogP) is 2.62. The fourth-order valence-corrected chi connectivity index (χ4v) is 2.12. The molecule has 1 heterocycles. The van der Waals surface area contributed by atoms with Gasteiger partial charge in [0.25, 0.3) is 0 Å². The molecule has 1 aromatic carbocycles. The monoisotopic (exact) mass is 248 g/mol. The summed E-state index contributed by atoms with van der Waals surface area (Å²) in [6.45, 7) is 2.45. The Morgan fingerprint density at radius 1 is 1.22 bits per heavy atom. The molecule has 0 aliphatic carbocycles. The van der Waals surface area contributed by atoms with Crippen molar-refractivity contribution in [2.75, 3.05) is 25.1 Å². The Hall–Kier alpha value is -1.55. The molecule has 0 atom stereocenters. The Morgan fingerprint density at radius 2 is 1.94 bits per heavy atom. The minimum atomic E-state index is -0.131. The van der Waals surface area contributed by atoms with Crippen LogP contribution in [-0.4, -0.2) is 25.8 Å². The van der Waals surface area contributed by atoms with Gasteiger partial charge < -0.3 is 15.4 Å². The van der Waals surface area contributed by atoms with Crippen LogP contribution in [0.4, 0.5) is 10.5 Å². The first-order chi connectivity index (χ1) is 8.84. The molecular formula is C14H20N2O2. The SMILES string of the molecule is O=C(NCCC1CCOCC1)Nc1ccccc1. The van der Waals surface area contributed by atoms with E-state index in [1.807, 2.05) is 30.3 Å². The highest BCUT2D eigenvalue weighted by molar-refractivity contribution is 5.89. The van der Waals surface area contributed by atoms with Crippen molar-refractivity contribution in [3.05, 3.63) is 30.3 Å². The van der Waals surface area contributed by atoms with Crippen LogP contribution in [0.3, 0.4) is 0 Å². The number of benzene rings is 1. The van der Waals surface area contributed by atoms with Crippen molar-refractivity contribution in [1.29, 1.82) is 0 Å². The first-order valence-corrected chi connectivity index (χ1v) is 6.52. The van der Waals surface area contributed by atoms with Crippen LogP contribution in [0.1, 0.15) is 19.3 Å². The number of carbonyl (C=O) groups excluding carboxylic acids is 1. The number of hydrogen-bond donors (Lipinski definition) is 2. The molecule has 1 aliphatic rings. The molecule has 1 aromatic rings. The highest BCUT2D eigenvalue weighted by Gasteiger charge is 2.13. The third-order valence-electron chi connectivity index (χ3n) is 3.21. The smallest absolute Gasteiger partial charge is 0.319 e. The molecule has 0 unspecified atom stereocenters. The zero-order valence-electron chi connectivity index (χ0n) is 10.5. The first kappa shape index (κ1) is 12.9. The van der Waals surface area contributed by atoms with E-state index >= 15 is 0 Å². The van der Waals surface area contributed by atoms with Gasteiger partial charge in [0, 0.05) is 25.4 Å². The summed E-state index contributed by atoms with van der Waals surface area (Å²) in [7, 11) is 0. The van der Waals surface area contributed by atoms with E-state index in [2.05, 4.69) is 10.6 Å². The molecule has 0 spiro atoms. The first-order valence-electron chi connectivity index (χ1n) is 6.52. The fraction of sp³-hybridized carbons (Fsp3) is 0.500. The van der Waals surface area contributed by atoms with Crippen molar-refractivity contribution in [3.8, 4) is 0 Å². The van der Waals surface area contributed by atoms with E-state index in [-0.39, 0.29) is 6.03 Å². The van der Waals surface area contributed by atoms with Crippen molar-refractivity contribution in [3.63, 3.8) is 0 Å². The van der Waals surface area contributed by atoms with E-state index in [0.717, 1.165) is 44.7 Å². The lowest BCUT2D eigenvalue weighted by Crippen LogP contribution is -2.31. The van der Waals surface area contributed by atoms with Crippen LogP contribution in [0.2, 0.25) is 0 Å². The maximum absolute atomic E-state index is 11.6. The molecule has 0 radical (unpaired) electrons. The Balaban J connectivity index is 1.62. The van der Waals surface area contributed by atoms with Crippen LogP contribution in [0, 0.1) is 5.92 Å². The van der Waals surface area contributed by atoms with E-state index in [9.17, 15) is 4.79 Å². The number of ether oxygens (including phenoxy) is 1. The van der Waals surface area contributed by atoms with Crippen molar-refractivity contribution in [2.45, 2.75) is 19.3 Å². The molecule has 0 saturated carbocycles. The van der Waals surface area contributed by atoms with Crippen LogP contribution in [0.5, 0.6) is 0 Å². The lowest BCUT2D eigenvalue weighted by molar-refractivity contribution is 0.0642. The van der Waals surface area contributed by atoms with Gasteiger partial charge in [0.2, 0.25) is 0 Å². The zero-order chi connectivity index (χ0) is 12.6. The van der Waals surface area contributed by atoms with Gasteiger partial charge in [0.1, 0.15) is 0 Å².